The van der Waals surface area contributed by atoms with Crippen LogP contribution in [-0.2, 0) is 13.6 Å². The van der Waals surface area contributed by atoms with Crippen LogP contribution in [-0.4, -0.2) is 23.2 Å². The molecular weight excluding hydrogens is 227 g/mol. The second-order valence-corrected chi connectivity index (χ2v) is 8.54. The van der Waals surface area contributed by atoms with E-state index in [0.717, 1.165) is 0 Å². The van der Waals surface area contributed by atoms with E-state index in [1.807, 2.05) is 20.8 Å². The Morgan fingerprint density at radius 3 is 1.88 bits per heavy atom. The molecule has 1 N–H and O–H groups in total. The van der Waals surface area contributed by atoms with Gasteiger partial charge in [0.15, 0.2) is 5.34 Å². The van der Waals surface area contributed by atoms with E-state index in [4.69, 9.17) is 9.05 Å². The lowest BCUT2D eigenvalue weighted by Crippen LogP contribution is -2.26. The summed E-state index contributed by atoms with van der Waals surface area (Å²) in [5.74, 6) is 0. The fraction of sp³-hybridized carbons (Fsp3) is 1.00. The highest BCUT2D eigenvalue weighted by Gasteiger charge is 2.43. The van der Waals surface area contributed by atoms with Gasteiger partial charge in [0.25, 0.3) is 0 Å². The molecule has 0 fully saturated rings. The van der Waals surface area contributed by atoms with Gasteiger partial charge in [0, 0.05) is 0 Å². The lowest BCUT2D eigenvalue weighted by molar-refractivity contribution is 0.0629. The molecule has 0 spiro atoms. The van der Waals surface area contributed by atoms with Crippen LogP contribution in [0.25, 0.3) is 0 Å². The Labute approximate surface area is 98.9 Å². The molecule has 0 aliphatic rings. The number of rotatable bonds is 5. The molecule has 16 heavy (non-hydrogen) atoms. The molecule has 5 heteroatoms. The van der Waals surface area contributed by atoms with Gasteiger partial charge >= 0.3 is 7.60 Å². The van der Waals surface area contributed by atoms with Gasteiger partial charge in [0.1, 0.15) is 0 Å². The average molecular weight is 252 g/mol. The molecule has 4 nitrogen and oxygen atoms in total. The Hall–Kier alpha value is 0.110. The molecule has 0 aliphatic carbocycles. The van der Waals surface area contributed by atoms with E-state index in [9.17, 15) is 9.67 Å². The van der Waals surface area contributed by atoms with Crippen molar-refractivity contribution in [2.24, 2.45) is 5.41 Å². The molecule has 0 aromatic rings. The largest absolute Gasteiger partial charge is 0.378 e. The normalized spacial score (nSPS) is 17.6. The quantitative estimate of drug-likeness (QED) is 0.762. The van der Waals surface area contributed by atoms with Gasteiger partial charge in [0.2, 0.25) is 0 Å². The standard InChI is InChI=1S/C11H25O4P/c1-9(2)15-16(13,11(6,7)12)14-8-10(3,4)5/h9,12H,8H2,1-7H3. The van der Waals surface area contributed by atoms with Crippen LogP contribution in [0.2, 0.25) is 0 Å². The third kappa shape index (κ3) is 5.44. The van der Waals surface area contributed by atoms with Crippen LogP contribution in [0, 0.1) is 5.41 Å². The third-order valence-corrected chi connectivity index (χ3v) is 4.20. The highest BCUT2D eigenvalue weighted by atomic mass is 31.2. The Kier molecular flexibility index (Phi) is 5.21. The number of aliphatic hydroxyl groups is 1. The van der Waals surface area contributed by atoms with Crippen molar-refractivity contribution in [1.29, 1.82) is 0 Å². The van der Waals surface area contributed by atoms with Gasteiger partial charge in [-0.2, -0.15) is 0 Å². The maximum atomic E-state index is 12.4. The van der Waals surface area contributed by atoms with Crippen LogP contribution in [0.15, 0.2) is 0 Å². The minimum atomic E-state index is -3.50. The van der Waals surface area contributed by atoms with Crippen LogP contribution in [0.4, 0.5) is 0 Å². The van der Waals surface area contributed by atoms with E-state index in [1.54, 1.807) is 13.8 Å². The molecule has 0 radical (unpaired) electrons. The summed E-state index contributed by atoms with van der Waals surface area (Å²) in [4.78, 5) is 0. The van der Waals surface area contributed by atoms with E-state index in [-0.39, 0.29) is 18.1 Å². The molecule has 0 amide bonds. The van der Waals surface area contributed by atoms with Crippen LogP contribution >= 0.6 is 7.60 Å². The summed E-state index contributed by atoms with van der Waals surface area (Å²) >= 11 is 0. The van der Waals surface area contributed by atoms with Gasteiger partial charge < -0.3 is 14.2 Å². The first-order valence-electron chi connectivity index (χ1n) is 5.53. The van der Waals surface area contributed by atoms with E-state index in [2.05, 4.69) is 0 Å². The minimum Gasteiger partial charge on any atom is -0.378 e. The molecule has 1 unspecified atom stereocenters. The minimum absolute atomic E-state index is 0.124. The summed E-state index contributed by atoms with van der Waals surface area (Å²) in [7, 11) is -3.50. The lowest BCUT2D eigenvalue weighted by Gasteiger charge is -2.32. The van der Waals surface area contributed by atoms with Crippen molar-refractivity contribution in [1.82, 2.24) is 0 Å². The second kappa shape index (κ2) is 5.18. The predicted octanol–water partition coefficient (Wildman–Crippen LogP) is 3.40. The Morgan fingerprint density at radius 2 is 1.62 bits per heavy atom. The Balaban J connectivity index is 4.77. The van der Waals surface area contributed by atoms with Crippen molar-refractivity contribution < 1.29 is 18.7 Å². The monoisotopic (exact) mass is 252 g/mol. The Bertz CT molecular complexity index is 260. The summed E-state index contributed by atoms with van der Waals surface area (Å²) in [6, 6.07) is 0. The average Bonchev–Trinajstić information content (AvgIpc) is 1.96. The maximum absolute atomic E-state index is 12.4. The van der Waals surface area contributed by atoms with Crippen molar-refractivity contribution in [2.75, 3.05) is 6.61 Å². The second-order valence-electron chi connectivity index (χ2n) is 5.98. The van der Waals surface area contributed by atoms with Crippen molar-refractivity contribution in [3.63, 3.8) is 0 Å². The van der Waals surface area contributed by atoms with Gasteiger partial charge in [-0.15, -0.1) is 0 Å². The van der Waals surface area contributed by atoms with Crippen molar-refractivity contribution in [3.8, 4) is 0 Å². The number of hydrogen-bond donors (Lipinski definition) is 1. The molecule has 98 valence electrons. The molecular formula is C11H25O4P. The first kappa shape index (κ1) is 16.1. The fourth-order valence-corrected chi connectivity index (χ4v) is 2.62. The van der Waals surface area contributed by atoms with Crippen LogP contribution < -0.4 is 0 Å². The SMILES string of the molecule is CC(C)OP(=O)(OCC(C)(C)C)C(C)(C)O. The van der Waals surface area contributed by atoms with Gasteiger partial charge in [-0.3, -0.25) is 4.57 Å². The molecule has 0 aromatic heterocycles. The van der Waals surface area contributed by atoms with Crippen molar-refractivity contribution >= 4 is 7.60 Å². The molecule has 0 aromatic carbocycles. The summed E-state index contributed by atoms with van der Waals surface area (Å²) in [5, 5.41) is 8.39. The summed E-state index contributed by atoms with van der Waals surface area (Å²) < 4.78 is 23.0. The van der Waals surface area contributed by atoms with Gasteiger partial charge in [-0.05, 0) is 33.1 Å². The smallest absolute Gasteiger partial charge is 0.361 e. The van der Waals surface area contributed by atoms with Gasteiger partial charge in [-0.1, -0.05) is 20.8 Å². The lowest BCUT2D eigenvalue weighted by atomic mass is 9.99. The Morgan fingerprint density at radius 1 is 1.19 bits per heavy atom. The summed E-state index contributed by atoms with van der Waals surface area (Å²) in [6.07, 6.45) is -0.253. The van der Waals surface area contributed by atoms with Crippen molar-refractivity contribution in [2.45, 2.75) is 59.9 Å². The van der Waals surface area contributed by atoms with E-state index in [0.29, 0.717) is 0 Å². The molecule has 0 saturated heterocycles. The zero-order valence-electron chi connectivity index (χ0n) is 11.4. The fourth-order valence-electron chi connectivity index (χ4n) is 0.874. The van der Waals surface area contributed by atoms with E-state index in [1.165, 1.54) is 13.8 Å². The molecule has 0 rings (SSSR count). The van der Waals surface area contributed by atoms with Crippen molar-refractivity contribution in [3.05, 3.63) is 0 Å². The van der Waals surface area contributed by atoms with E-state index < -0.39 is 12.9 Å². The molecule has 0 heterocycles. The topological polar surface area (TPSA) is 55.8 Å². The summed E-state index contributed by atoms with van der Waals surface area (Å²) in [6.45, 7) is 12.6. The van der Waals surface area contributed by atoms with Gasteiger partial charge in [-0.25, -0.2) is 0 Å². The third-order valence-electron chi connectivity index (χ3n) is 1.69. The van der Waals surface area contributed by atoms with Gasteiger partial charge in [0.05, 0.1) is 12.7 Å². The zero-order chi connectivity index (χ0) is 13.2. The summed E-state index contributed by atoms with van der Waals surface area (Å²) in [5.41, 5.74) is -0.124. The number of hydrogen-bond acceptors (Lipinski definition) is 4. The van der Waals surface area contributed by atoms with Crippen LogP contribution in [0.5, 0.6) is 0 Å². The maximum Gasteiger partial charge on any atom is 0.361 e. The molecule has 0 bridgehead atoms. The van der Waals surface area contributed by atoms with E-state index >= 15 is 0 Å². The first-order valence-corrected chi connectivity index (χ1v) is 7.07. The molecule has 1 atom stereocenters. The zero-order valence-corrected chi connectivity index (χ0v) is 12.3. The van der Waals surface area contributed by atoms with Crippen LogP contribution in [0.1, 0.15) is 48.5 Å². The highest BCUT2D eigenvalue weighted by Crippen LogP contribution is 2.59. The first-order chi connectivity index (χ1) is 6.87. The predicted molar refractivity (Wildman–Crippen MR) is 65.5 cm³/mol. The van der Waals surface area contributed by atoms with Crippen LogP contribution in [0.3, 0.4) is 0 Å². The molecule has 0 saturated carbocycles. The molecule has 0 aliphatic heterocycles. The highest BCUT2D eigenvalue weighted by molar-refractivity contribution is 7.55.